The molecule has 0 aromatic heterocycles. The maximum Gasteiger partial charge on any atom is 0.221 e. The summed E-state index contributed by atoms with van der Waals surface area (Å²) in [7, 11) is 0. The van der Waals surface area contributed by atoms with Crippen LogP contribution in [0.15, 0.2) is 0 Å². The molecule has 0 spiro atoms. The number of nitrogens with two attached hydrogens (primary N) is 1. The fourth-order valence-corrected chi connectivity index (χ4v) is 0.912. The van der Waals surface area contributed by atoms with Gasteiger partial charge >= 0.3 is 0 Å². The first-order valence-electron chi connectivity index (χ1n) is 5.26. The number of amides is 1. The lowest BCUT2D eigenvalue weighted by Gasteiger charge is -2.08. The Hall–Kier alpha value is -0.610. The number of rotatable bonds is 9. The predicted octanol–water partition coefficient (Wildman–Crippen LogP) is 0.514. The van der Waals surface area contributed by atoms with Crippen LogP contribution in [0.3, 0.4) is 0 Å². The number of primary amides is 1. The fraction of sp³-hybridized carbons (Fsp3) is 0.900. The number of unbranched alkanes of at least 4 members (excludes halogenated alkanes) is 1. The van der Waals surface area contributed by atoms with Gasteiger partial charge < -0.3 is 15.8 Å². The quantitative estimate of drug-likeness (QED) is 0.536. The second-order valence-electron chi connectivity index (χ2n) is 3.47. The zero-order valence-electron chi connectivity index (χ0n) is 9.21. The fourth-order valence-electron chi connectivity index (χ4n) is 0.912. The van der Waals surface area contributed by atoms with E-state index in [9.17, 15) is 4.79 Å². The summed E-state index contributed by atoms with van der Waals surface area (Å²) in [4.78, 5) is 10.7. The molecule has 0 bridgehead atoms. The Morgan fingerprint density at radius 3 is 2.79 bits per heavy atom. The number of hydrogen-bond acceptors (Lipinski definition) is 3. The average Bonchev–Trinajstić information content (AvgIpc) is 2.16. The van der Waals surface area contributed by atoms with Crippen LogP contribution in [0.25, 0.3) is 0 Å². The van der Waals surface area contributed by atoms with Gasteiger partial charge in [0.2, 0.25) is 5.91 Å². The highest BCUT2D eigenvalue weighted by atomic mass is 16.5. The van der Waals surface area contributed by atoms with E-state index in [0.717, 1.165) is 26.0 Å². The number of carbonyl (C=O) groups excluding carboxylic acids is 1. The van der Waals surface area contributed by atoms with Crippen LogP contribution < -0.4 is 11.1 Å². The lowest BCUT2D eigenvalue weighted by atomic mass is 10.2. The maximum atomic E-state index is 10.7. The molecule has 84 valence electrons. The second-order valence-corrected chi connectivity index (χ2v) is 3.47. The number of ether oxygens (including phenoxy) is 1. The Kier molecular flexibility index (Phi) is 8.57. The smallest absolute Gasteiger partial charge is 0.221 e. The molecular formula is C10H22N2O2. The lowest BCUT2D eigenvalue weighted by molar-refractivity contribution is -0.121. The minimum Gasteiger partial charge on any atom is -0.380 e. The molecule has 0 radical (unpaired) electrons. The van der Waals surface area contributed by atoms with Crippen LogP contribution in [0.1, 0.15) is 26.7 Å². The van der Waals surface area contributed by atoms with Crippen molar-refractivity contribution in [3.63, 3.8) is 0 Å². The Bertz CT molecular complexity index is 151. The first-order chi connectivity index (χ1) is 6.68. The molecule has 0 heterocycles. The Morgan fingerprint density at radius 1 is 1.50 bits per heavy atom. The van der Waals surface area contributed by atoms with Crippen LogP contribution >= 0.6 is 0 Å². The topological polar surface area (TPSA) is 64.3 Å². The molecule has 1 atom stereocenters. The third kappa shape index (κ3) is 8.01. The van der Waals surface area contributed by atoms with E-state index < -0.39 is 0 Å². The standard InChI is InChI=1S/C10H22N2O2/c1-3-4-6-14-7-5-12-8-9(2)10(11)13/h9,12H,3-8H2,1-2H3,(H2,11,13). The Morgan fingerprint density at radius 2 is 2.21 bits per heavy atom. The van der Waals surface area contributed by atoms with E-state index in [2.05, 4.69) is 12.2 Å². The molecule has 4 nitrogen and oxygen atoms in total. The van der Waals surface area contributed by atoms with Crippen LogP contribution in [0.2, 0.25) is 0 Å². The predicted molar refractivity (Wildman–Crippen MR) is 57.0 cm³/mol. The van der Waals surface area contributed by atoms with Gasteiger partial charge in [-0.25, -0.2) is 0 Å². The van der Waals surface area contributed by atoms with Crippen LogP contribution in [-0.4, -0.2) is 32.2 Å². The molecule has 0 aromatic rings. The zero-order chi connectivity index (χ0) is 10.8. The summed E-state index contributed by atoms with van der Waals surface area (Å²) in [5.74, 6) is -0.366. The SMILES string of the molecule is CCCCOCCNCC(C)C(N)=O. The molecule has 14 heavy (non-hydrogen) atoms. The van der Waals surface area contributed by atoms with Gasteiger partial charge in [-0.15, -0.1) is 0 Å². The number of hydrogen-bond donors (Lipinski definition) is 2. The van der Waals surface area contributed by atoms with Gasteiger partial charge in [-0.1, -0.05) is 20.3 Å². The first-order valence-corrected chi connectivity index (χ1v) is 5.26. The zero-order valence-corrected chi connectivity index (χ0v) is 9.21. The highest BCUT2D eigenvalue weighted by Gasteiger charge is 2.06. The molecule has 4 heteroatoms. The molecule has 0 saturated carbocycles. The minimum absolute atomic E-state index is 0.106. The molecule has 1 amide bonds. The van der Waals surface area contributed by atoms with Crippen LogP contribution in [0.5, 0.6) is 0 Å². The largest absolute Gasteiger partial charge is 0.380 e. The summed E-state index contributed by atoms with van der Waals surface area (Å²) >= 11 is 0. The highest BCUT2D eigenvalue weighted by molar-refractivity contribution is 5.76. The summed E-state index contributed by atoms with van der Waals surface area (Å²) in [6, 6.07) is 0. The van der Waals surface area contributed by atoms with Crippen molar-refractivity contribution in [1.29, 1.82) is 0 Å². The summed E-state index contributed by atoms with van der Waals surface area (Å²) < 4.78 is 5.34. The van der Waals surface area contributed by atoms with Gasteiger partial charge in [0.05, 0.1) is 6.61 Å². The van der Waals surface area contributed by atoms with Crippen molar-refractivity contribution in [2.24, 2.45) is 11.7 Å². The van der Waals surface area contributed by atoms with Gasteiger partial charge in [-0.05, 0) is 6.42 Å². The Labute approximate surface area is 86.2 Å². The van der Waals surface area contributed by atoms with Crippen LogP contribution in [0, 0.1) is 5.92 Å². The summed E-state index contributed by atoms with van der Waals surface area (Å²) in [5.41, 5.74) is 5.11. The lowest BCUT2D eigenvalue weighted by Crippen LogP contribution is -2.32. The highest BCUT2D eigenvalue weighted by Crippen LogP contribution is 1.89. The van der Waals surface area contributed by atoms with E-state index in [-0.39, 0.29) is 11.8 Å². The molecule has 0 saturated heterocycles. The third-order valence-electron chi connectivity index (χ3n) is 2.00. The van der Waals surface area contributed by atoms with E-state index in [1.54, 1.807) is 0 Å². The van der Waals surface area contributed by atoms with Crippen LogP contribution in [0.4, 0.5) is 0 Å². The molecule has 0 aliphatic rings. The number of nitrogens with one attached hydrogen (secondary N) is 1. The maximum absolute atomic E-state index is 10.7. The van der Waals surface area contributed by atoms with Crippen molar-refractivity contribution in [3.05, 3.63) is 0 Å². The van der Waals surface area contributed by atoms with Gasteiger partial charge in [0.1, 0.15) is 0 Å². The molecule has 0 fully saturated rings. The molecule has 3 N–H and O–H groups in total. The van der Waals surface area contributed by atoms with Crippen molar-refractivity contribution in [3.8, 4) is 0 Å². The summed E-state index contributed by atoms with van der Waals surface area (Å²) in [5, 5.41) is 3.12. The van der Waals surface area contributed by atoms with E-state index in [1.807, 2.05) is 6.92 Å². The van der Waals surface area contributed by atoms with Crippen molar-refractivity contribution < 1.29 is 9.53 Å². The van der Waals surface area contributed by atoms with Gasteiger partial charge in [-0.3, -0.25) is 4.79 Å². The van der Waals surface area contributed by atoms with Crippen LogP contribution in [-0.2, 0) is 9.53 Å². The molecule has 0 aromatic carbocycles. The minimum atomic E-state index is -0.260. The molecule has 1 unspecified atom stereocenters. The van der Waals surface area contributed by atoms with E-state index in [0.29, 0.717) is 13.2 Å². The average molecular weight is 202 g/mol. The monoisotopic (exact) mass is 202 g/mol. The molecule has 0 rings (SSSR count). The summed E-state index contributed by atoms with van der Waals surface area (Å²) in [6.07, 6.45) is 2.27. The molecule has 0 aliphatic heterocycles. The summed E-state index contributed by atoms with van der Waals surface area (Å²) in [6.45, 7) is 6.88. The number of carbonyl (C=O) groups is 1. The molecule has 0 aliphatic carbocycles. The third-order valence-corrected chi connectivity index (χ3v) is 2.00. The van der Waals surface area contributed by atoms with Gasteiger partial charge in [0.15, 0.2) is 0 Å². The van der Waals surface area contributed by atoms with Crippen molar-refractivity contribution in [2.45, 2.75) is 26.7 Å². The van der Waals surface area contributed by atoms with Gasteiger partial charge in [-0.2, -0.15) is 0 Å². The normalized spacial score (nSPS) is 12.7. The van der Waals surface area contributed by atoms with E-state index in [1.165, 1.54) is 0 Å². The van der Waals surface area contributed by atoms with Crippen molar-refractivity contribution in [1.82, 2.24) is 5.32 Å². The molecular weight excluding hydrogens is 180 g/mol. The van der Waals surface area contributed by atoms with E-state index >= 15 is 0 Å². The second kappa shape index (κ2) is 8.97. The van der Waals surface area contributed by atoms with E-state index in [4.69, 9.17) is 10.5 Å². The van der Waals surface area contributed by atoms with Gasteiger partial charge in [0, 0.05) is 25.6 Å². The van der Waals surface area contributed by atoms with Crippen molar-refractivity contribution >= 4 is 5.91 Å². The first kappa shape index (κ1) is 13.4. The Balaban J connectivity index is 3.09. The van der Waals surface area contributed by atoms with Crippen molar-refractivity contribution in [2.75, 3.05) is 26.3 Å². The van der Waals surface area contributed by atoms with Gasteiger partial charge in [0.25, 0.3) is 0 Å².